The first-order valence-electron chi connectivity index (χ1n) is 12.6. The largest absolute Gasteiger partial charge is 0.376 e. The molecule has 34 heavy (non-hydrogen) atoms. The van der Waals surface area contributed by atoms with E-state index in [1.54, 1.807) is 0 Å². The highest BCUT2D eigenvalue weighted by atomic mass is 16.5. The van der Waals surface area contributed by atoms with Crippen LogP contribution < -0.4 is 5.32 Å². The summed E-state index contributed by atoms with van der Waals surface area (Å²) in [6.07, 6.45) is 1.98. The molecule has 4 heteroatoms. The van der Waals surface area contributed by atoms with Gasteiger partial charge in [0.25, 0.3) is 0 Å². The van der Waals surface area contributed by atoms with Crippen molar-refractivity contribution in [2.24, 2.45) is 5.92 Å². The van der Waals surface area contributed by atoms with Crippen molar-refractivity contribution < 1.29 is 14.8 Å². The summed E-state index contributed by atoms with van der Waals surface area (Å²) < 4.78 is 6.10. The summed E-state index contributed by atoms with van der Waals surface area (Å²) in [6.45, 7) is 3.82. The molecular formula is C30H33N2O2+. The third-order valence-electron chi connectivity index (χ3n) is 8.39. The lowest BCUT2D eigenvalue weighted by Gasteiger charge is -2.44. The Labute approximate surface area is 201 Å². The molecule has 0 saturated carbocycles. The molecule has 3 aliphatic rings. The Morgan fingerprint density at radius 2 is 1.62 bits per heavy atom. The van der Waals surface area contributed by atoms with Gasteiger partial charge >= 0.3 is 0 Å². The molecule has 0 unspecified atom stereocenters. The van der Waals surface area contributed by atoms with Crippen molar-refractivity contribution in [3.05, 3.63) is 107 Å². The molecule has 3 heterocycles. The molecule has 1 spiro atoms. The van der Waals surface area contributed by atoms with E-state index in [0.29, 0.717) is 25.0 Å². The normalized spacial score (nSPS) is 28.6. The number of amides is 1. The van der Waals surface area contributed by atoms with Crippen LogP contribution in [0.5, 0.6) is 0 Å². The fourth-order valence-electron chi connectivity index (χ4n) is 6.67. The van der Waals surface area contributed by atoms with Gasteiger partial charge in [0.05, 0.1) is 37.8 Å². The molecule has 0 aliphatic carbocycles. The monoisotopic (exact) mass is 453 g/mol. The predicted molar refractivity (Wildman–Crippen MR) is 132 cm³/mol. The number of carbonyl (C=O) groups excluding carboxylic acids is 1. The molecule has 4 atom stereocenters. The lowest BCUT2D eigenvalue weighted by Crippen LogP contribution is -2.82. The van der Waals surface area contributed by atoms with Crippen molar-refractivity contribution in [3.8, 4) is 0 Å². The SMILES string of the molecule is O=C([C@@H]1C[NH2+]C[C@]12COCc1ccccc12)N1CC[C@@H](c2ccccc2)C[C@H]1c1ccccc1. The summed E-state index contributed by atoms with van der Waals surface area (Å²) >= 11 is 0. The van der Waals surface area contributed by atoms with Crippen molar-refractivity contribution >= 4 is 5.91 Å². The highest BCUT2D eigenvalue weighted by molar-refractivity contribution is 5.82. The van der Waals surface area contributed by atoms with E-state index in [2.05, 4.69) is 95.1 Å². The zero-order chi connectivity index (χ0) is 23.0. The first kappa shape index (κ1) is 21.6. The van der Waals surface area contributed by atoms with Crippen LogP contribution in [0.1, 0.15) is 47.1 Å². The number of fused-ring (bicyclic) bond motifs is 2. The summed E-state index contributed by atoms with van der Waals surface area (Å²) in [5.41, 5.74) is 4.96. The predicted octanol–water partition coefficient (Wildman–Crippen LogP) is 3.80. The highest BCUT2D eigenvalue weighted by Gasteiger charge is 2.55. The van der Waals surface area contributed by atoms with Crippen LogP contribution in [0.3, 0.4) is 0 Å². The van der Waals surface area contributed by atoms with Crippen LogP contribution in [0.2, 0.25) is 0 Å². The van der Waals surface area contributed by atoms with Crippen molar-refractivity contribution in [3.63, 3.8) is 0 Å². The second-order valence-electron chi connectivity index (χ2n) is 10.2. The summed E-state index contributed by atoms with van der Waals surface area (Å²) in [6, 6.07) is 30.1. The van der Waals surface area contributed by atoms with Crippen LogP contribution in [0.25, 0.3) is 0 Å². The molecule has 3 aromatic carbocycles. The van der Waals surface area contributed by atoms with E-state index in [4.69, 9.17) is 4.74 Å². The molecule has 3 aliphatic heterocycles. The Hall–Kier alpha value is -2.95. The van der Waals surface area contributed by atoms with Gasteiger partial charge < -0.3 is 15.0 Å². The molecule has 2 saturated heterocycles. The number of hydrogen-bond acceptors (Lipinski definition) is 2. The van der Waals surface area contributed by atoms with Gasteiger partial charge in [-0.2, -0.15) is 0 Å². The molecule has 0 bridgehead atoms. The maximum atomic E-state index is 14.4. The van der Waals surface area contributed by atoms with Crippen LogP contribution in [-0.2, 0) is 21.6 Å². The number of hydrogen-bond donors (Lipinski definition) is 1. The molecule has 3 aromatic rings. The van der Waals surface area contributed by atoms with Crippen LogP contribution >= 0.6 is 0 Å². The summed E-state index contributed by atoms with van der Waals surface area (Å²) in [5, 5.41) is 2.32. The molecule has 2 N–H and O–H groups in total. The summed E-state index contributed by atoms with van der Waals surface area (Å²) in [5.74, 6) is 0.709. The number of carbonyl (C=O) groups is 1. The average Bonchev–Trinajstić information content (AvgIpc) is 3.33. The van der Waals surface area contributed by atoms with Crippen molar-refractivity contribution in [1.82, 2.24) is 4.90 Å². The first-order chi connectivity index (χ1) is 16.8. The highest BCUT2D eigenvalue weighted by Crippen LogP contribution is 2.44. The second-order valence-corrected chi connectivity index (χ2v) is 10.2. The lowest BCUT2D eigenvalue weighted by molar-refractivity contribution is -0.640. The third-order valence-corrected chi connectivity index (χ3v) is 8.39. The van der Waals surface area contributed by atoms with E-state index in [0.717, 1.165) is 32.5 Å². The minimum Gasteiger partial charge on any atom is -0.376 e. The Morgan fingerprint density at radius 1 is 0.912 bits per heavy atom. The van der Waals surface area contributed by atoms with Gasteiger partial charge in [-0.25, -0.2) is 0 Å². The van der Waals surface area contributed by atoms with E-state index < -0.39 is 0 Å². The lowest BCUT2D eigenvalue weighted by atomic mass is 9.69. The molecule has 0 radical (unpaired) electrons. The Balaban J connectivity index is 1.34. The van der Waals surface area contributed by atoms with Gasteiger partial charge in [-0.3, -0.25) is 4.79 Å². The van der Waals surface area contributed by atoms with Crippen LogP contribution in [0, 0.1) is 5.92 Å². The smallest absolute Gasteiger partial charge is 0.233 e. The van der Waals surface area contributed by atoms with Crippen LogP contribution in [0.15, 0.2) is 84.9 Å². The number of ether oxygens (including phenoxy) is 1. The quantitative estimate of drug-likeness (QED) is 0.656. The van der Waals surface area contributed by atoms with E-state index in [9.17, 15) is 4.79 Å². The molecule has 174 valence electrons. The van der Waals surface area contributed by atoms with Gasteiger partial charge in [0.15, 0.2) is 0 Å². The number of likely N-dealkylation sites (tertiary alicyclic amines) is 1. The van der Waals surface area contributed by atoms with E-state index >= 15 is 0 Å². The number of benzene rings is 3. The van der Waals surface area contributed by atoms with Crippen molar-refractivity contribution in [2.75, 3.05) is 26.2 Å². The van der Waals surface area contributed by atoms with E-state index in [1.807, 2.05) is 0 Å². The number of rotatable bonds is 3. The molecule has 1 amide bonds. The van der Waals surface area contributed by atoms with Crippen LogP contribution in [0.4, 0.5) is 0 Å². The maximum Gasteiger partial charge on any atom is 0.233 e. The minimum atomic E-state index is -0.233. The van der Waals surface area contributed by atoms with Gasteiger partial charge in [0, 0.05) is 6.54 Å². The maximum absolute atomic E-state index is 14.4. The topological polar surface area (TPSA) is 46.1 Å². The van der Waals surface area contributed by atoms with Crippen LogP contribution in [-0.4, -0.2) is 37.0 Å². The Bertz CT molecular complexity index is 1150. The number of nitrogens with two attached hydrogens (primary N) is 1. The van der Waals surface area contributed by atoms with Gasteiger partial charge in [-0.05, 0) is 41.0 Å². The molecule has 4 nitrogen and oxygen atoms in total. The standard InChI is InChI=1S/C30H32N2O2/c33-29(27-18-31-20-30(27)21-34-19-25-13-7-8-14-26(25)30)32-16-15-24(22-9-3-1-4-10-22)17-28(32)23-11-5-2-6-12-23/h1-14,24,27-28,31H,15-21H2/p+1/t24-,27+,28+,30-/m1/s1. The second kappa shape index (κ2) is 9.01. The number of nitrogens with zero attached hydrogens (tertiary/aromatic N) is 1. The zero-order valence-electron chi connectivity index (χ0n) is 19.6. The van der Waals surface area contributed by atoms with E-state index in [-0.39, 0.29) is 17.4 Å². The van der Waals surface area contributed by atoms with Gasteiger partial charge in [0.2, 0.25) is 5.91 Å². The van der Waals surface area contributed by atoms with Gasteiger partial charge in [0.1, 0.15) is 5.92 Å². The first-order valence-corrected chi connectivity index (χ1v) is 12.6. The minimum absolute atomic E-state index is 0.0616. The van der Waals surface area contributed by atoms with Gasteiger partial charge in [-0.1, -0.05) is 84.9 Å². The molecule has 2 fully saturated rings. The Kier molecular flexibility index (Phi) is 5.72. The van der Waals surface area contributed by atoms with Crippen molar-refractivity contribution in [2.45, 2.75) is 36.8 Å². The summed E-state index contributed by atoms with van der Waals surface area (Å²) in [7, 11) is 0. The molecular weight excluding hydrogens is 420 g/mol. The third kappa shape index (κ3) is 3.66. The van der Waals surface area contributed by atoms with Gasteiger partial charge in [-0.15, -0.1) is 0 Å². The fraction of sp³-hybridized carbons (Fsp3) is 0.367. The molecule has 6 rings (SSSR count). The van der Waals surface area contributed by atoms with Crippen molar-refractivity contribution in [1.29, 1.82) is 0 Å². The van der Waals surface area contributed by atoms with E-state index in [1.165, 1.54) is 22.3 Å². The Morgan fingerprint density at radius 3 is 2.41 bits per heavy atom. The zero-order valence-corrected chi connectivity index (χ0v) is 19.6. The summed E-state index contributed by atoms with van der Waals surface area (Å²) in [4.78, 5) is 16.6. The number of piperidine rings is 1. The molecule has 0 aromatic heterocycles. The fourth-order valence-corrected chi connectivity index (χ4v) is 6.67. The number of quaternary nitrogens is 1. The average molecular weight is 454 g/mol.